The summed E-state index contributed by atoms with van der Waals surface area (Å²) in [7, 11) is -0.703. The van der Waals surface area contributed by atoms with E-state index in [1.165, 1.54) is 31.5 Å². The van der Waals surface area contributed by atoms with Gasteiger partial charge in [0.25, 0.3) is 5.91 Å². The van der Waals surface area contributed by atoms with Crippen LogP contribution < -0.4 is 5.32 Å². The molecule has 1 N–H and O–H groups in total. The minimum Gasteiger partial charge on any atom is -0.296 e. The number of benzene rings is 1. The predicted molar refractivity (Wildman–Crippen MR) is 98.6 cm³/mol. The Morgan fingerprint density at radius 1 is 1.24 bits per heavy atom. The molecular weight excluding hydrogens is 360 g/mol. The largest absolute Gasteiger partial charge is 0.296 e. The molecule has 136 valence electrons. The molecule has 2 rings (SSSR count). The average Bonchev–Trinajstić information content (AvgIpc) is 2.96. The molecule has 1 heterocycles. The molecule has 1 amide bonds. The lowest BCUT2D eigenvalue weighted by atomic mass is 10.1. The Balaban J connectivity index is 2.35. The van der Waals surface area contributed by atoms with Crippen LogP contribution in [0.1, 0.15) is 39.8 Å². The first-order chi connectivity index (χ1) is 11.7. The van der Waals surface area contributed by atoms with Gasteiger partial charge < -0.3 is 0 Å². The molecule has 0 aliphatic carbocycles. The summed E-state index contributed by atoms with van der Waals surface area (Å²) in [6.45, 7) is 5.56. The van der Waals surface area contributed by atoms with Crippen LogP contribution in [0.5, 0.6) is 0 Å². The normalized spacial score (nSPS) is 11.8. The standard InChI is InChI=1S/C16H22N4O3S2/c1-6-7-14-18-19-16(24-14)17-15(21)12-8-10(2)11(3)13(9-12)25(22,23)20(4)5/h8-9H,6-7H2,1-5H3,(H,17,19,21). The lowest BCUT2D eigenvalue weighted by molar-refractivity contribution is 0.102. The van der Waals surface area contributed by atoms with Crippen LogP contribution in [0.4, 0.5) is 5.13 Å². The fraction of sp³-hybridized carbons (Fsp3) is 0.438. The number of hydrogen-bond donors (Lipinski definition) is 1. The molecule has 0 saturated heterocycles. The predicted octanol–water partition coefficient (Wildman–Crippen LogP) is 2.61. The first-order valence-corrected chi connectivity index (χ1v) is 10.1. The van der Waals surface area contributed by atoms with Gasteiger partial charge in [0.15, 0.2) is 0 Å². The first-order valence-electron chi connectivity index (χ1n) is 7.84. The molecule has 0 saturated carbocycles. The third-order valence-electron chi connectivity index (χ3n) is 3.79. The number of carbonyl (C=O) groups is 1. The molecule has 0 atom stereocenters. The molecule has 0 aliphatic rings. The summed E-state index contributed by atoms with van der Waals surface area (Å²) in [5.41, 5.74) is 1.64. The van der Waals surface area contributed by atoms with Crippen LogP contribution in [0.2, 0.25) is 0 Å². The summed E-state index contributed by atoms with van der Waals surface area (Å²) < 4.78 is 26.1. The lowest BCUT2D eigenvalue weighted by Gasteiger charge is -2.16. The zero-order valence-corrected chi connectivity index (χ0v) is 16.6. The second kappa shape index (κ2) is 7.59. The molecule has 0 unspecified atom stereocenters. The van der Waals surface area contributed by atoms with Crippen LogP contribution in [-0.2, 0) is 16.4 Å². The van der Waals surface area contributed by atoms with Gasteiger partial charge in [-0.05, 0) is 43.5 Å². The number of aromatic nitrogens is 2. The van der Waals surface area contributed by atoms with Gasteiger partial charge in [-0.1, -0.05) is 18.3 Å². The van der Waals surface area contributed by atoms with E-state index in [0.717, 1.165) is 27.7 Å². The highest BCUT2D eigenvalue weighted by atomic mass is 32.2. The van der Waals surface area contributed by atoms with Crippen molar-refractivity contribution in [2.45, 2.75) is 38.5 Å². The van der Waals surface area contributed by atoms with Crippen LogP contribution >= 0.6 is 11.3 Å². The average molecular weight is 383 g/mol. The Labute approximate surface area is 152 Å². The third kappa shape index (κ3) is 4.23. The van der Waals surface area contributed by atoms with Crippen molar-refractivity contribution >= 4 is 32.4 Å². The molecular formula is C16H22N4O3S2. The van der Waals surface area contributed by atoms with Crippen molar-refractivity contribution in [1.82, 2.24) is 14.5 Å². The highest BCUT2D eigenvalue weighted by molar-refractivity contribution is 7.89. The van der Waals surface area contributed by atoms with Crippen LogP contribution in [-0.4, -0.2) is 42.9 Å². The zero-order valence-electron chi connectivity index (χ0n) is 15.0. The fourth-order valence-corrected chi connectivity index (χ4v) is 4.26. The van der Waals surface area contributed by atoms with Gasteiger partial charge in [-0.2, -0.15) is 0 Å². The van der Waals surface area contributed by atoms with E-state index in [4.69, 9.17) is 0 Å². The van der Waals surface area contributed by atoms with Gasteiger partial charge in [0.2, 0.25) is 15.2 Å². The minimum absolute atomic E-state index is 0.131. The number of amides is 1. The van der Waals surface area contributed by atoms with Crippen molar-refractivity contribution in [3.8, 4) is 0 Å². The van der Waals surface area contributed by atoms with E-state index < -0.39 is 15.9 Å². The monoisotopic (exact) mass is 382 g/mol. The SMILES string of the molecule is CCCc1nnc(NC(=O)c2cc(C)c(C)c(S(=O)(=O)N(C)C)c2)s1. The molecule has 0 fully saturated rings. The maximum absolute atomic E-state index is 12.5. The Morgan fingerprint density at radius 3 is 2.52 bits per heavy atom. The Morgan fingerprint density at radius 2 is 1.92 bits per heavy atom. The topological polar surface area (TPSA) is 92.3 Å². The van der Waals surface area contributed by atoms with Crippen molar-refractivity contribution in [3.05, 3.63) is 33.8 Å². The van der Waals surface area contributed by atoms with E-state index in [9.17, 15) is 13.2 Å². The van der Waals surface area contributed by atoms with Gasteiger partial charge in [0.05, 0.1) is 4.90 Å². The van der Waals surface area contributed by atoms with Crippen LogP contribution in [0.15, 0.2) is 17.0 Å². The number of carbonyl (C=O) groups excluding carboxylic acids is 1. The van der Waals surface area contributed by atoms with Gasteiger partial charge in [-0.15, -0.1) is 10.2 Å². The summed E-state index contributed by atoms with van der Waals surface area (Å²) in [5.74, 6) is -0.405. The third-order valence-corrected chi connectivity index (χ3v) is 6.63. The van der Waals surface area contributed by atoms with Gasteiger partial charge in [-0.3, -0.25) is 10.1 Å². The van der Waals surface area contributed by atoms with Crippen LogP contribution in [0.25, 0.3) is 0 Å². The quantitative estimate of drug-likeness (QED) is 0.829. The smallest absolute Gasteiger partial charge is 0.257 e. The molecule has 0 aliphatic heterocycles. The Kier molecular flexibility index (Phi) is 5.91. The van der Waals surface area contributed by atoms with E-state index in [1.54, 1.807) is 19.9 Å². The number of anilines is 1. The second-order valence-corrected chi connectivity index (χ2v) is 9.09. The zero-order chi connectivity index (χ0) is 18.8. The molecule has 9 heteroatoms. The second-order valence-electron chi connectivity index (χ2n) is 5.91. The Hall–Kier alpha value is -1.84. The highest BCUT2D eigenvalue weighted by Gasteiger charge is 2.23. The molecule has 0 spiro atoms. The highest BCUT2D eigenvalue weighted by Crippen LogP contribution is 2.24. The molecule has 7 nitrogen and oxygen atoms in total. The number of hydrogen-bond acceptors (Lipinski definition) is 6. The summed E-state index contributed by atoms with van der Waals surface area (Å²) >= 11 is 1.32. The van der Waals surface area contributed by atoms with Gasteiger partial charge >= 0.3 is 0 Å². The van der Waals surface area contributed by atoms with Gasteiger partial charge in [0.1, 0.15) is 5.01 Å². The molecule has 1 aromatic carbocycles. The van der Waals surface area contributed by atoms with Crippen molar-refractivity contribution in [2.24, 2.45) is 0 Å². The number of rotatable bonds is 6. The van der Waals surface area contributed by atoms with Crippen molar-refractivity contribution in [1.29, 1.82) is 0 Å². The number of sulfonamides is 1. The number of aryl methyl sites for hydroxylation is 2. The molecule has 0 radical (unpaired) electrons. The molecule has 1 aromatic heterocycles. The first kappa shape index (κ1) is 19.5. The van der Waals surface area contributed by atoms with E-state index in [2.05, 4.69) is 15.5 Å². The summed E-state index contributed by atoms with van der Waals surface area (Å²) in [6.07, 6.45) is 1.76. The van der Waals surface area contributed by atoms with Crippen molar-refractivity contribution in [2.75, 3.05) is 19.4 Å². The number of nitrogens with one attached hydrogen (secondary N) is 1. The van der Waals surface area contributed by atoms with E-state index in [-0.39, 0.29) is 10.5 Å². The van der Waals surface area contributed by atoms with Crippen molar-refractivity contribution < 1.29 is 13.2 Å². The maximum Gasteiger partial charge on any atom is 0.257 e. The van der Waals surface area contributed by atoms with E-state index in [1.807, 2.05) is 6.92 Å². The fourth-order valence-electron chi connectivity index (χ4n) is 2.21. The van der Waals surface area contributed by atoms with E-state index >= 15 is 0 Å². The van der Waals surface area contributed by atoms with E-state index in [0.29, 0.717) is 10.7 Å². The minimum atomic E-state index is -3.63. The Bertz CT molecular complexity index is 889. The summed E-state index contributed by atoms with van der Waals surface area (Å²) in [4.78, 5) is 12.6. The summed E-state index contributed by atoms with van der Waals surface area (Å²) in [6, 6.07) is 3.08. The lowest BCUT2D eigenvalue weighted by Crippen LogP contribution is -2.24. The van der Waals surface area contributed by atoms with Crippen LogP contribution in [0.3, 0.4) is 0 Å². The molecule has 2 aromatic rings. The molecule has 0 bridgehead atoms. The maximum atomic E-state index is 12.5. The van der Waals surface area contributed by atoms with Gasteiger partial charge in [-0.25, -0.2) is 12.7 Å². The van der Waals surface area contributed by atoms with Gasteiger partial charge in [0, 0.05) is 26.1 Å². The summed E-state index contributed by atoms with van der Waals surface area (Å²) in [5, 5.41) is 11.9. The number of nitrogens with zero attached hydrogens (tertiary/aromatic N) is 3. The molecule has 25 heavy (non-hydrogen) atoms. The van der Waals surface area contributed by atoms with Crippen LogP contribution in [0, 0.1) is 13.8 Å². The van der Waals surface area contributed by atoms with Crippen molar-refractivity contribution in [3.63, 3.8) is 0 Å².